The molecule has 2 amide bonds. The molecule has 0 saturated carbocycles. The van der Waals surface area contributed by atoms with Gasteiger partial charge in [-0.2, -0.15) is 5.10 Å². The number of piperazine rings is 1. The number of hydrogen-bond acceptors (Lipinski definition) is 3. The van der Waals surface area contributed by atoms with Crippen LogP contribution in [-0.4, -0.2) is 45.5 Å². The summed E-state index contributed by atoms with van der Waals surface area (Å²) in [6.45, 7) is 3.96. The Balaban J connectivity index is 1.54. The fourth-order valence-electron chi connectivity index (χ4n) is 4.64. The number of benzene rings is 2. The lowest BCUT2D eigenvalue weighted by Crippen LogP contribution is -2.66. The Labute approximate surface area is 168 Å². The third kappa shape index (κ3) is 2.67. The Kier molecular flexibility index (Phi) is 3.84. The SMILES string of the molecule is CC1(C)c2[nH]c3ccccc3c2CC2C(=O)N(/N=C/c3ccccc3)CC(=O)N21. The van der Waals surface area contributed by atoms with Crippen LogP contribution in [0.25, 0.3) is 10.9 Å². The fourth-order valence-corrected chi connectivity index (χ4v) is 4.64. The Morgan fingerprint density at radius 1 is 1.07 bits per heavy atom. The van der Waals surface area contributed by atoms with Crippen LogP contribution in [-0.2, 0) is 21.5 Å². The summed E-state index contributed by atoms with van der Waals surface area (Å²) in [5, 5.41) is 6.76. The van der Waals surface area contributed by atoms with Crippen LogP contribution in [0.5, 0.6) is 0 Å². The van der Waals surface area contributed by atoms with Crippen LogP contribution in [0.1, 0.15) is 30.7 Å². The van der Waals surface area contributed by atoms with E-state index in [1.165, 1.54) is 5.01 Å². The van der Waals surface area contributed by atoms with Crippen LogP contribution in [0, 0.1) is 0 Å². The van der Waals surface area contributed by atoms with Gasteiger partial charge in [-0.25, -0.2) is 5.01 Å². The zero-order valence-corrected chi connectivity index (χ0v) is 16.4. The molecule has 0 spiro atoms. The molecule has 1 aromatic heterocycles. The highest BCUT2D eigenvalue weighted by atomic mass is 16.2. The number of para-hydroxylation sites is 1. The van der Waals surface area contributed by atoms with E-state index >= 15 is 0 Å². The van der Waals surface area contributed by atoms with Gasteiger partial charge in [0.15, 0.2) is 0 Å². The molecule has 2 aromatic carbocycles. The molecule has 2 aliphatic heterocycles. The lowest BCUT2D eigenvalue weighted by Gasteiger charge is -2.50. The molecule has 1 unspecified atom stereocenters. The van der Waals surface area contributed by atoms with Gasteiger partial charge in [0.1, 0.15) is 12.6 Å². The van der Waals surface area contributed by atoms with Crippen molar-refractivity contribution in [1.82, 2.24) is 14.9 Å². The first-order chi connectivity index (χ1) is 14.0. The van der Waals surface area contributed by atoms with Gasteiger partial charge in [0, 0.05) is 23.0 Å². The molecule has 3 heterocycles. The van der Waals surface area contributed by atoms with Crippen LogP contribution >= 0.6 is 0 Å². The second-order valence-corrected chi connectivity index (χ2v) is 8.12. The summed E-state index contributed by atoms with van der Waals surface area (Å²) < 4.78 is 0. The topological polar surface area (TPSA) is 68.8 Å². The third-order valence-corrected chi connectivity index (χ3v) is 5.98. The van der Waals surface area contributed by atoms with E-state index in [1.54, 1.807) is 11.1 Å². The number of fused-ring (bicyclic) bond motifs is 4. The maximum atomic E-state index is 13.3. The van der Waals surface area contributed by atoms with E-state index in [0.717, 1.165) is 27.7 Å². The number of nitrogens with one attached hydrogen (secondary N) is 1. The molecule has 1 fully saturated rings. The van der Waals surface area contributed by atoms with Crippen molar-refractivity contribution in [2.24, 2.45) is 5.10 Å². The van der Waals surface area contributed by atoms with Crippen molar-refractivity contribution in [3.63, 3.8) is 0 Å². The minimum absolute atomic E-state index is 0.0440. The molecule has 0 radical (unpaired) electrons. The first kappa shape index (κ1) is 17.7. The highest BCUT2D eigenvalue weighted by Gasteiger charge is 2.51. The van der Waals surface area contributed by atoms with Gasteiger partial charge in [0.25, 0.3) is 5.91 Å². The summed E-state index contributed by atoms with van der Waals surface area (Å²) >= 11 is 0. The minimum atomic E-state index is -0.598. The van der Waals surface area contributed by atoms with Gasteiger partial charge in [-0.15, -0.1) is 0 Å². The van der Waals surface area contributed by atoms with Crippen molar-refractivity contribution < 1.29 is 9.59 Å². The predicted octanol–water partition coefficient (Wildman–Crippen LogP) is 3.03. The van der Waals surface area contributed by atoms with E-state index in [2.05, 4.69) is 16.2 Å². The van der Waals surface area contributed by atoms with Gasteiger partial charge < -0.3 is 9.88 Å². The van der Waals surface area contributed by atoms with Crippen LogP contribution < -0.4 is 0 Å². The second-order valence-electron chi connectivity index (χ2n) is 8.12. The standard InChI is InChI=1S/C23H22N4O2/c1-23(2)21-17(16-10-6-7-11-18(16)25-21)12-19-22(29)26(14-20(28)27(19)23)24-13-15-8-4-3-5-9-15/h3-11,13,19,25H,12,14H2,1-2H3/b24-13+. The predicted molar refractivity (Wildman–Crippen MR) is 111 cm³/mol. The van der Waals surface area contributed by atoms with Crippen molar-refractivity contribution in [3.8, 4) is 0 Å². The van der Waals surface area contributed by atoms with E-state index in [-0.39, 0.29) is 18.4 Å². The summed E-state index contributed by atoms with van der Waals surface area (Å²) in [6, 6.07) is 17.1. The molecular formula is C23H22N4O2. The van der Waals surface area contributed by atoms with Gasteiger partial charge in [0.05, 0.1) is 11.8 Å². The Morgan fingerprint density at radius 2 is 1.79 bits per heavy atom. The summed E-state index contributed by atoms with van der Waals surface area (Å²) in [4.78, 5) is 31.6. The number of rotatable bonds is 2. The Morgan fingerprint density at radius 3 is 2.59 bits per heavy atom. The third-order valence-electron chi connectivity index (χ3n) is 5.98. The number of nitrogens with zero attached hydrogens (tertiary/aromatic N) is 3. The van der Waals surface area contributed by atoms with Gasteiger partial charge in [-0.3, -0.25) is 9.59 Å². The van der Waals surface area contributed by atoms with Crippen LogP contribution in [0.15, 0.2) is 59.7 Å². The summed E-state index contributed by atoms with van der Waals surface area (Å²) in [6.07, 6.45) is 2.12. The zero-order chi connectivity index (χ0) is 20.2. The zero-order valence-electron chi connectivity index (χ0n) is 16.4. The molecule has 3 aromatic rings. The summed E-state index contributed by atoms with van der Waals surface area (Å²) in [5.41, 5.74) is 3.45. The smallest absolute Gasteiger partial charge is 0.266 e. The van der Waals surface area contributed by atoms with Crippen molar-refractivity contribution in [2.45, 2.75) is 31.8 Å². The van der Waals surface area contributed by atoms with Crippen molar-refractivity contribution >= 4 is 28.9 Å². The minimum Gasteiger partial charge on any atom is -0.356 e. The van der Waals surface area contributed by atoms with Gasteiger partial charge in [-0.05, 0) is 31.0 Å². The number of H-pyrrole nitrogens is 1. The number of carbonyl (C=O) groups excluding carboxylic acids is 2. The van der Waals surface area contributed by atoms with Gasteiger partial charge in [-0.1, -0.05) is 48.5 Å². The highest BCUT2D eigenvalue weighted by Crippen LogP contribution is 2.42. The summed E-state index contributed by atoms with van der Waals surface area (Å²) in [7, 11) is 0. The first-order valence-electron chi connectivity index (χ1n) is 9.79. The van der Waals surface area contributed by atoms with Crippen LogP contribution in [0.3, 0.4) is 0 Å². The second kappa shape index (κ2) is 6.30. The number of aromatic nitrogens is 1. The number of amides is 2. The quantitative estimate of drug-likeness (QED) is 0.688. The van der Waals surface area contributed by atoms with Crippen molar-refractivity contribution in [2.75, 3.05) is 6.54 Å². The molecule has 2 aliphatic rings. The Bertz CT molecular complexity index is 1150. The van der Waals surface area contributed by atoms with Gasteiger partial charge in [0.2, 0.25) is 5.91 Å². The average molecular weight is 386 g/mol. The molecule has 146 valence electrons. The summed E-state index contributed by atoms with van der Waals surface area (Å²) in [5.74, 6) is -0.227. The maximum absolute atomic E-state index is 13.3. The first-order valence-corrected chi connectivity index (χ1v) is 9.79. The maximum Gasteiger partial charge on any atom is 0.266 e. The molecule has 29 heavy (non-hydrogen) atoms. The highest BCUT2D eigenvalue weighted by molar-refractivity contribution is 5.98. The van der Waals surface area contributed by atoms with Gasteiger partial charge >= 0.3 is 0 Å². The lowest BCUT2D eigenvalue weighted by molar-refractivity contribution is -0.163. The normalized spacial score (nSPS) is 21.0. The van der Waals surface area contributed by atoms with E-state index < -0.39 is 11.6 Å². The van der Waals surface area contributed by atoms with Crippen LogP contribution in [0.2, 0.25) is 0 Å². The molecule has 1 atom stereocenters. The average Bonchev–Trinajstić information content (AvgIpc) is 3.10. The molecule has 6 nitrogen and oxygen atoms in total. The lowest BCUT2D eigenvalue weighted by atomic mass is 9.82. The Hall–Kier alpha value is -3.41. The largest absolute Gasteiger partial charge is 0.356 e. The van der Waals surface area contributed by atoms with E-state index in [9.17, 15) is 9.59 Å². The molecule has 0 bridgehead atoms. The van der Waals surface area contributed by atoms with Crippen molar-refractivity contribution in [3.05, 3.63) is 71.4 Å². The van der Waals surface area contributed by atoms with E-state index in [0.29, 0.717) is 6.42 Å². The van der Waals surface area contributed by atoms with E-state index in [1.807, 2.05) is 62.4 Å². The monoisotopic (exact) mass is 386 g/mol. The molecule has 1 N–H and O–H groups in total. The number of carbonyl (C=O) groups is 2. The molecule has 6 heteroatoms. The molecular weight excluding hydrogens is 364 g/mol. The van der Waals surface area contributed by atoms with E-state index in [4.69, 9.17) is 0 Å². The molecule has 1 saturated heterocycles. The van der Waals surface area contributed by atoms with Crippen LogP contribution in [0.4, 0.5) is 0 Å². The van der Waals surface area contributed by atoms with Crippen molar-refractivity contribution in [1.29, 1.82) is 0 Å². The molecule has 0 aliphatic carbocycles. The number of hydrogen-bond donors (Lipinski definition) is 1. The number of aromatic amines is 1. The molecule has 5 rings (SSSR count). The number of hydrazone groups is 1. The fraction of sp³-hybridized carbons (Fsp3) is 0.261.